The van der Waals surface area contributed by atoms with Crippen molar-refractivity contribution in [1.29, 1.82) is 0 Å². The highest BCUT2D eigenvalue weighted by atomic mass is 79.9. The summed E-state index contributed by atoms with van der Waals surface area (Å²) in [5.41, 5.74) is 0.392. The molecule has 1 unspecified atom stereocenters. The first-order valence-corrected chi connectivity index (χ1v) is 6.30. The molecule has 1 N–H and O–H groups in total. The Morgan fingerprint density at radius 2 is 2.12 bits per heavy atom. The minimum absolute atomic E-state index is 0.290. The van der Waals surface area contributed by atoms with Gasteiger partial charge in [0, 0.05) is 18.0 Å². The minimum atomic E-state index is -0.553. The molecular weight excluding hydrogens is 287 g/mol. The molecule has 96 valence electrons. The average Bonchev–Trinajstić information content (AvgIpc) is 2.23. The van der Waals surface area contributed by atoms with E-state index in [4.69, 9.17) is 4.74 Å². The van der Waals surface area contributed by atoms with Crippen molar-refractivity contribution in [3.63, 3.8) is 0 Å². The standard InChI is InChI=1S/C13H18BrFO2/c1-13(2,17-3)8-11(16)7-9-6-10(15)4-5-12(9)14/h4-6,11,16H,7-8H2,1-3H3. The summed E-state index contributed by atoms with van der Waals surface area (Å²) in [6.45, 7) is 3.83. The van der Waals surface area contributed by atoms with Crippen molar-refractivity contribution in [2.45, 2.75) is 38.4 Å². The van der Waals surface area contributed by atoms with E-state index in [-0.39, 0.29) is 11.4 Å². The van der Waals surface area contributed by atoms with Crippen LogP contribution < -0.4 is 0 Å². The maximum atomic E-state index is 13.1. The maximum Gasteiger partial charge on any atom is 0.123 e. The van der Waals surface area contributed by atoms with Crippen molar-refractivity contribution in [1.82, 2.24) is 0 Å². The Balaban J connectivity index is 2.68. The van der Waals surface area contributed by atoms with Crippen LogP contribution in [-0.2, 0) is 11.2 Å². The van der Waals surface area contributed by atoms with Gasteiger partial charge in [0.25, 0.3) is 0 Å². The smallest absolute Gasteiger partial charge is 0.123 e. The van der Waals surface area contributed by atoms with E-state index >= 15 is 0 Å². The van der Waals surface area contributed by atoms with Gasteiger partial charge in [-0.1, -0.05) is 15.9 Å². The lowest BCUT2D eigenvalue weighted by Crippen LogP contribution is -2.29. The predicted molar refractivity (Wildman–Crippen MR) is 69.5 cm³/mol. The predicted octanol–water partition coefficient (Wildman–Crippen LogP) is 3.31. The third kappa shape index (κ3) is 4.74. The van der Waals surface area contributed by atoms with Crippen molar-refractivity contribution < 1.29 is 14.2 Å². The van der Waals surface area contributed by atoms with Gasteiger partial charge < -0.3 is 9.84 Å². The molecule has 1 aromatic carbocycles. The van der Waals surface area contributed by atoms with E-state index in [9.17, 15) is 9.50 Å². The number of methoxy groups -OCH3 is 1. The Morgan fingerprint density at radius 1 is 1.47 bits per heavy atom. The molecule has 1 rings (SSSR count). The second kappa shape index (κ2) is 5.94. The molecular formula is C13H18BrFO2. The molecule has 0 aliphatic rings. The first kappa shape index (κ1) is 14.6. The number of halogens is 2. The van der Waals surface area contributed by atoms with Crippen LogP contribution in [-0.4, -0.2) is 23.9 Å². The van der Waals surface area contributed by atoms with Gasteiger partial charge in [0.05, 0.1) is 11.7 Å². The molecule has 1 atom stereocenters. The number of aliphatic hydroxyl groups excluding tert-OH is 1. The number of ether oxygens (including phenoxy) is 1. The third-order valence-electron chi connectivity index (χ3n) is 2.74. The van der Waals surface area contributed by atoms with E-state index in [1.165, 1.54) is 12.1 Å². The van der Waals surface area contributed by atoms with E-state index in [1.54, 1.807) is 13.2 Å². The van der Waals surface area contributed by atoms with Gasteiger partial charge in [-0.3, -0.25) is 0 Å². The van der Waals surface area contributed by atoms with Crippen LogP contribution in [0.4, 0.5) is 4.39 Å². The molecule has 17 heavy (non-hydrogen) atoms. The summed E-state index contributed by atoms with van der Waals surface area (Å²) in [5.74, 6) is -0.290. The van der Waals surface area contributed by atoms with Crippen LogP contribution in [0.25, 0.3) is 0 Å². The second-order valence-corrected chi connectivity index (χ2v) is 5.62. The lowest BCUT2D eigenvalue weighted by Gasteiger charge is -2.26. The van der Waals surface area contributed by atoms with Gasteiger partial charge in [0.15, 0.2) is 0 Å². The van der Waals surface area contributed by atoms with Crippen LogP contribution in [0.3, 0.4) is 0 Å². The number of rotatable bonds is 5. The van der Waals surface area contributed by atoms with E-state index in [0.717, 1.165) is 10.0 Å². The fourth-order valence-electron chi connectivity index (χ4n) is 1.68. The maximum absolute atomic E-state index is 13.1. The van der Waals surface area contributed by atoms with Gasteiger partial charge in [0.2, 0.25) is 0 Å². The second-order valence-electron chi connectivity index (χ2n) is 4.76. The molecule has 0 saturated heterocycles. The Bertz CT molecular complexity index is 380. The lowest BCUT2D eigenvalue weighted by molar-refractivity contribution is -0.0191. The minimum Gasteiger partial charge on any atom is -0.393 e. The van der Waals surface area contributed by atoms with Crippen LogP contribution in [0.2, 0.25) is 0 Å². The molecule has 1 aromatic rings. The zero-order valence-corrected chi connectivity index (χ0v) is 11.9. The highest BCUT2D eigenvalue weighted by Gasteiger charge is 2.22. The van der Waals surface area contributed by atoms with Crippen LogP contribution in [0.1, 0.15) is 25.8 Å². The number of benzene rings is 1. The number of aliphatic hydroxyl groups is 1. The third-order valence-corrected chi connectivity index (χ3v) is 3.52. The van der Waals surface area contributed by atoms with Gasteiger partial charge >= 0.3 is 0 Å². The van der Waals surface area contributed by atoms with Crippen LogP contribution in [0, 0.1) is 5.82 Å². The summed E-state index contributed by atoms with van der Waals surface area (Å²) < 4.78 is 19.1. The molecule has 0 saturated carbocycles. The molecule has 0 fully saturated rings. The van der Waals surface area contributed by atoms with Crippen molar-refractivity contribution in [3.8, 4) is 0 Å². The first-order chi connectivity index (χ1) is 7.84. The first-order valence-electron chi connectivity index (χ1n) is 5.51. The summed E-state index contributed by atoms with van der Waals surface area (Å²) in [6.07, 6.45) is 0.362. The molecule has 0 aromatic heterocycles. The summed E-state index contributed by atoms with van der Waals surface area (Å²) in [6, 6.07) is 4.48. The summed E-state index contributed by atoms with van der Waals surface area (Å²) in [7, 11) is 1.62. The SMILES string of the molecule is COC(C)(C)CC(O)Cc1cc(F)ccc1Br. The van der Waals surface area contributed by atoms with Gasteiger partial charge in [-0.15, -0.1) is 0 Å². The topological polar surface area (TPSA) is 29.5 Å². The average molecular weight is 305 g/mol. The van der Waals surface area contributed by atoms with Crippen LogP contribution in [0.5, 0.6) is 0 Å². The largest absolute Gasteiger partial charge is 0.393 e. The van der Waals surface area contributed by atoms with E-state index < -0.39 is 6.10 Å². The molecule has 0 heterocycles. The molecule has 2 nitrogen and oxygen atoms in total. The van der Waals surface area contributed by atoms with Crippen molar-refractivity contribution >= 4 is 15.9 Å². The Hall–Kier alpha value is -0.450. The fraction of sp³-hybridized carbons (Fsp3) is 0.538. The lowest BCUT2D eigenvalue weighted by atomic mass is 9.96. The van der Waals surface area contributed by atoms with Gasteiger partial charge in [-0.05, 0) is 44.0 Å². The van der Waals surface area contributed by atoms with E-state index in [0.29, 0.717) is 12.8 Å². The quantitative estimate of drug-likeness (QED) is 0.904. The summed E-state index contributed by atoms with van der Waals surface area (Å²) in [4.78, 5) is 0. The molecule has 0 amide bonds. The summed E-state index contributed by atoms with van der Waals surface area (Å²) >= 11 is 3.35. The Kier molecular flexibility index (Phi) is 5.10. The van der Waals surface area contributed by atoms with Crippen molar-refractivity contribution in [2.24, 2.45) is 0 Å². The molecule has 4 heteroatoms. The normalized spacial score (nSPS) is 13.8. The monoisotopic (exact) mass is 304 g/mol. The molecule has 0 aliphatic heterocycles. The van der Waals surface area contributed by atoms with Crippen LogP contribution in [0.15, 0.2) is 22.7 Å². The van der Waals surface area contributed by atoms with Gasteiger partial charge in [0.1, 0.15) is 5.82 Å². The van der Waals surface area contributed by atoms with Crippen molar-refractivity contribution in [3.05, 3.63) is 34.1 Å². The Morgan fingerprint density at radius 3 is 2.71 bits per heavy atom. The van der Waals surface area contributed by atoms with Crippen LogP contribution >= 0.6 is 15.9 Å². The fourth-order valence-corrected chi connectivity index (χ4v) is 2.09. The highest BCUT2D eigenvalue weighted by molar-refractivity contribution is 9.10. The number of hydrogen-bond donors (Lipinski definition) is 1. The molecule has 0 bridgehead atoms. The van der Waals surface area contributed by atoms with E-state index in [1.807, 2.05) is 13.8 Å². The summed E-state index contributed by atoms with van der Waals surface area (Å²) in [5, 5.41) is 9.96. The Labute approximate surface area is 110 Å². The van der Waals surface area contributed by atoms with E-state index in [2.05, 4.69) is 15.9 Å². The van der Waals surface area contributed by atoms with Crippen molar-refractivity contribution in [2.75, 3.05) is 7.11 Å². The molecule has 0 aliphatic carbocycles. The van der Waals surface area contributed by atoms with Gasteiger partial charge in [-0.25, -0.2) is 4.39 Å². The number of hydrogen-bond acceptors (Lipinski definition) is 2. The molecule has 0 radical (unpaired) electrons. The van der Waals surface area contributed by atoms with Gasteiger partial charge in [-0.2, -0.15) is 0 Å². The molecule has 0 spiro atoms. The highest BCUT2D eigenvalue weighted by Crippen LogP contribution is 2.23. The zero-order valence-electron chi connectivity index (χ0n) is 10.3. The zero-order chi connectivity index (χ0) is 13.1.